The molecule has 1 heterocycles. The Morgan fingerprint density at radius 3 is 2.22 bits per heavy atom. The lowest BCUT2D eigenvalue weighted by Crippen LogP contribution is -2.42. The number of likely N-dealkylation sites (tertiary alicyclic amines) is 1. The number of piperidine rings is 1. The van der Waals surface area contributed by atoms with E-state index in [0.29, 0.717) is 42.2 Å². The molecule has 0 saturated carbocycles. The van der Waals surface area contributed by atoms with E-state index in [0.717, 1.165) is 0 Å². The number of amides is 1. The first-order valence-electron chi connectivity index (χ1n) is 7.33. The second kappa shape index (κ2) is 7.21. The average Bonchev–Trinajstić information content (AvgIpc) is 2.59. The molecule has 0 aliphatic carbocycles. The standard InChI is InChI=1S/C16H21NO6/c1-21-12-7-11(8-13(22-2)14(12)23-3)15(18)17-6-4-5-10(9-17)16(19)20/h7-8,10H,4-6,9H2,1-3H3,(H,19,20). The molecule has 0 spiro atoms. The van der Waals surface area contributed by atoms with Crippen molar-refractivity contribution < 1.29 is 28.9 Å². The topological polar surface area (TPSA) is 85.3 Å². The molecular weight excluding hydrogens is 302 g/mol. The maximum Gasteiger partial charge on any atom is 0.308 e. The zero-order chi connectivity index (χ0) is 17.0. The highest BCUT2D eigenvalue weighted by atomic mass is 16.5. The lowest BCUT2D eigenvalue weighted by atomic mass is 9.97. The lowest BCUT2D eigenvalue weighted by Gasteiger charge is -2.31. The Morgan fingerprint density at radius 2 is 1.74 bits per heavy atom. The Labute approximate surface area is 134 Å². The molecule has 23 heavy (non-hydrogen) atoms. The highest BCUT2D eigenvalue weighted by molar-refractivity contribution is 5.96. The minimum absolute atomic E-state index is 0.213. The van der Waals surface area contributed by atoms with Gasteiger partial charge in [-0.3, -0.25) is 9.59 Å². The van der Waals surface area contributed by atoms with E-state index >= 15 is 0 Å². The summed E-state index contributed by atoms with van der Waals surface area (Å²) < 4.78 is 15.7. The summed E-state index contributed by atoms with van der Waals surface area (Å²) in [5, 5.41) is 9.15. The minimum Gasteiger partial charge on any atom is -0.493 e. The van der Waals surface area contributed by atoms with Crippen LogP contribution in [0, 0.1) is 5.92 Å². The van der Waals surface area contributed by atoms with Crippen LogP contribution in [0.15, 0.2) is 12.1 Å². The van der Waals surface area contributed by atoms with Crippen LogP contribution in [0.4, 0.5) is 0 Å². The van der Waals surface area contributed by atoms with Gasteiger partial charge in [0.1, 0.15) is 0 Å². The molecule has 1 aliphatic heterocycles. The molecule has 1 aromatic carbocycles. The van der Waals surface area contributed by atoms with Gasteiger partial charge in [-0.15, -0.1) is 0 Å². The van der Waals surface area contributed by atoms with Crippen LogP contribution < -0.4 is 14.2 Å². The fraction of sp³-hybridized carbons (Fsp3) is 0.500. The monoisotopic (exact) mass is 323 g/mol. The number of rotatable bonds is 5. The molecule has 1 saturated heterocycles. The fourth-order valence-corrected chi connectivity index (χ4v) is 2.75. The van der Waals surface area contributed by atoms with Crippen LogP contribution in [0.3, 0.4) is 0 Å². The first-order valence-corrected chi connectivity index (χ1v) is 7.33. The van der Waals surface area contributed by atoms with Gasteiger partial charge in [0.25, 0.3) is 5.91 Å². The van der Waals surface area contributed by atoms with Gasteiger partial charge in [-0.1, -0.05) is 0 Å². The molecule has 1 amide bonds. The predicted molar refractivity (Wildman–Crippen MR) is 82.4 cm³/mol. The molecule has 1 aromatic rings. The van der Waals surface area contributed by atoms with Gasteiger partial charge in [0.15, 0.2) is 11.5 Å². The fourth-order valence-electron chi connectivity index (χ4n) is 2.75. The van der Waals surface area contributed by atoms with E-state index in [1.807, 2.05) is 0 Å². The third kappa shape index (κ3) is 3.49. The Bertz CT molecular complexity index is 575. The first-order chi connectivity index (χ1) is 11.0. The second-order valence-electron chi connectivity index (χ2n) is 5.34. The van der Waals surface area contributed by atoms with Crippen LogP contribution in [-0.4, -0.2) is 56.3 Å². The Kier molecular flexibility index (Phi) is 5.31. The van der Waals surface area contributed by atoms with E-state index in [-0.39, 0.29) is 12.5 Å². The van der Waals surface area contributed by atoms with Gasteiger partial charge >= 0.3 is 5.97 Å². The molecule has 1 aliphatic rings. The lowest BCUT2D eigenvalue weighted by molar-refractivity contribution is -0.143. The molecule has 1 atom stereocenters. The number of hydrogen-bond acceptors (Lipinski definition) is 5. The zero-order valence-corrected chi connectivity index (χ0v) is 13.5. The summed E-state index contributed by atoms with van der Waals surface area (Å²) in [7, 11) is 4.45. The quantitative estimate of drug-likeness (QED) is 0.887. The van der Waals surface area contributed by atoms with E-state index < -0.39 is 11.9 Å². The third-order valence-corrected chi connectivity index (χ3v) is 3.97. The zero-order valence-electron chi connectivity index (χ0n) is 13.5. The van der Waals surface area contributed by atoms with E-state index in [4.69, 9.17) is 19.3 Å². The van der Waals surface area contributed by atoms with Gasteiger partial charge < -0.3 is 24.2 Å². The summed E-state index contributed by atoms with van der Waals surface area (Å²) in [4.78, 5) is 25.4. The van der Waals surface area contributed by atoms with Crippen molar-refractivity contribution in [3.63, 3.8) is 0 Å². The number of hydrogen-bond donors (Lipinski definition) is 1. The summed E-state index contributed by atoms with van der Waals surface area (Å²) in [6.07, 6.45) is 1.27. The summed E-state index contributed by atoms with van der Waals surface area (Å²) in [6, 6.07) is 3.15. The van der Waals surface area contributed by atoms with Crippen molar-refractivity contribution in [3.05, 3.63) is 17.7 Å². The van der Waals surface area contributed by atoms with Crippen molar-refractivity contribution >= 4 is 11.9 Å². The van der Waals surface area contributed by atoms with Crippen LogP contribution >= 0.6 is 0 Å². The molecule has 7 nitrogen and oxygen atoms in total. The number of methoxy groups -OCH3 is 3. The number of ether oxygens (including phenoxy) is 3. The molecule has 7 heteroatoms. The number of carboxylic acid groups (broad SMARTS) is 1. The number of benzene rings is 1. The van der Waals surface area contributed by atoms with Crippen LogP contribution in [-0.2, 0) is 4.79 Å². The van der Waals surface area contributed by atoms with Crippen molar-refractivity contribution in [2.75, 3.05) is 34.4 Å². The van der Waals surface area contributed by atoms with Crippen LogP contribution in [0.2, 0.25) is 0 Å². The van der Waals surface area contributed by atoms with Gasteiger partial charge in [-0.25, -0.2) is 0 Å². The highest BCUT2D eigenvalue weighted by Gasteiger charge is 2.29. The van der Waals surface area contributed by atoms with Crippen molar-refractivity contribution in [2.45, 2.75) is 12.8 Å². The highest BCUT2D eigenvalue weighted by Crippen LogP contribution is 2.38. The largest absolute Gasteiger partial charge is 0.493 e. The van der Waals surface area contributed by atoms with Crippen molar-refractivity contribution in [3.8, 4) is 17.2 Å². The molecule has 0 radical (unpaired) electrons. The van der Waals surface area contributed by atoms with Gasteiger partial charge in [0.2, 0.25) is 5.75 Å². The van der Waals surface area contributed by atoms with Gasteiger partial charge in [-0.05, 0) is 25.0 Å². The summed E-state index contributed by atoms with van der Waals surface area (Å²) in [5.74, 6) is -0.435. The predicted octanol–water partition coefficient (Wildman–Crippen LogP) is 1.65. The second-order valence-corrected chi connectivity index (χ2v) is 5.34. The maximum absolute atomic E-state index is 12.7. The smallest absolute Gasteiger partial charge is 0.308 e. The molecule has 2 rings (SSSR count). The number of nitrogens with zero attached hydrogens (tertiary/aromatic N) is 1. The first kappa shape index (κ1) is 16.9. The molecule has 1 N–H and O–H groups in total. The molecular formula is C16H21NO6. The summed E-state index contributed by atoms with van der Waals surface area (Å²) in [5.41, 5.74) is 0.380. The average molecular weight is 323 g/mol. The SMILES string of the molecule is COc1cc(C(=O)N2CCCC(C(=O)O)C2)cc(OC)c1OC. The maximum atomic E-state index is 12.7. The number of aliphatic carboxylic acids is 1. The Morgan fingerprint density at radius 1 is 1.13 bits per heavy atom. The van der Waals surface area contributed by atoms with Gasteiger partial charge in [-0.2, -0.15) is 0 Å². The van der Waals surface area contributed by atoms with E-state index in [1.165, 1.54) is 21.3 Å². The Hall–Kier alpha value is -2.44. The summed E-state index contributed by atoms with van der Waals surface area (Å²) >= 11 is 0. The van der Waals surface area contributed by atoms with Crippen molar-refractivity contribution in [2.24, 2.45) is 5.92 Å². The minimum atomic E-state index is -0.868. The number of carbonyl (C=O) groups is 2. The Balaban J connectivity index is 2.30. The van der Waals surface area contributed by atoms with Crippen LogP contribution in [0.25, 0.3) is 0 Å². The molecule has 1 unspecified atom stereocenters. The van der Waals surface area contributed by atoms with Crippen molar-refractivity contribution in [1.82, 2.24) is 4.90 Å². The molecule has 1 fully saturated rings. The summed E-state index contributed by atoms with van der Waals surface area (Å²) in [6.45, 7) is 0.754. The van der Waals surface area contributed by atoms with E-state index in [9.17, 15) is 9.59 Å². The molecule has 0 bridgehead atoms. The number of carbonyl (C=O) groups excluding carboxylic acids is 1. The number of carboxylic acids is 1. The van der Waals surface area contributed by atoms with Crippen LogP contribution in [0.5, 0.6) is 17.2 Å². The van der Waals surface area contributed by atoms with E-state index in [2.05, 4.69) is 0 Å². The normalized spacial score (nSPS) is 17.5. The van der Waals surface area contributed by atoms with Crippen molar-refractivity contribution in [1.29, 1.82) is 0 Å². The van der Waals surface area contributed by atoms with Gasteiger partial charge in [0.05, 0.1) is 27.2 Å². The van der Waals surface area contributed by atoms with Gasteiger partial charge in [0, 0.05) is 18.7 Å². The van der Waals surface area contributed by atoms with E-state index in [1.54, 1.807) is 17.0 Å². The third-order valence-electron chi connectivity index (χ3n) is 3.97. The molecule has 126 valence electrons. The molecule has 0 aromatic heterocycles. The van der Waals surface area contributed by atoms with Crippen LogP contribution in [0.1, 0.15) is 23.2 Å².